The van der Waals surface area contributed by atoms with Crippen molar-refractivity contribution in [1.82, 2.24) is 14.8 Å². The molecule has 2 aromatic heterocycles. The van der Waals surface area contributed by atoms with Crippen molar-refractivity contribution in [3.63, 3.8) is 0 Å². The molecule has 0 radical (unpaired) electrons. The highest BCUT2D eigenvalue weighted by Gasteiger charge is 2.24. The Bertz CT molecular complexity index is 845. The van der Waals surface area contributed by atoms with E-state index in [-0.39, 0.29) is 5.82 Å². The van der Waals surface area contributed by atoms with Gasteiger partial charge in [0.15, 0.2) is 5.82 Å². The maximum absolute atomic E-state index is 13.6. The molecular weight excluding hydrogens is 317 g/mol. The number of pyridine rings is 1. The van der Waals surface area contributed by atoms with E-state index in [2.05, 4.69) is 21.0 Å². The number of anilines is 1. The minimum absolute atomic E-state index is 0.193. The van der Waals surface area contributed by atoms with Gasteiger partial charge in [-0.15, -0.1) is 0 Å². The molecule has 0 aliphatic carbocycles. The van der Waals surface area contributed by atoms with Crippen LogP contribution in [0.4, 0.5) is 10.1 Å². The van der Waals surface area contributed by atoms with Gasteiger partial charge in [0.2, 0.25) is 0 Å². The molecule has 128 valence electrons. The summed E-state index contributed by atoms with van der Waals surface area (Å²) in [4.78, 5) is 6.75. The third-order valence-corrected chi connectivity index (χ3v) is 4.62. The topological polar surface area (TPSA) is 60.0 Å². The van der Waals surface area contributed by atoms with Crippen molar-refractivity contribution in [2.45, 2.75) is 13.0 Å². The summed E-state index contributed by atoms with van der Waals surface area (Å²) in [5, 5.41) is 4.19. The van der Waals surface area contributed by atoms with Crippen molar-refractivity contribution in [2.24, 2.45) is 11.7 Å². The molecule has 1 aliphatic heterocycles. The molecule has 1 unspecified atom stereocenters. The first-order valence-corrected chi connectivity index (χ1v) is 8.41. The van der Waals surface area contributed by atoms with Gasteiger partial charge in [-0.1, -0.05) is 6.07 Å². The number of nitrogens with zero attached hydrogens (tertiary/aromatic N) is 4. The number of halogens is 1. The highest BCUT2D eigenvalue weighted by Crippen LogP contribution is 2.31. The van der Waals surface area contributed by atoms with Gasteiger partial charge in [-0.2, -0.15) is 5.10 Å². The van der Waals surface area contributed by atoms with Gasteiger partial charge in [-0.3, -0.25) is 0 Å². The highest BCUT2D eigenvalue weighted by atomic mass is 19.1. The maximum atomic E-state index is 13.6. The molecule has 1 atom stereocenters. The van der Waals surface area contributed by atoms with Gasteiger partial charge in [-0.25, -0.2) is 14.1 Å². The first-order chi connectivity index (χ1) is 12.2. The molecule has 3 aromatic rings. The Morgan fingerprint density at radius 2 is 2.16 bits per heavy atom. The van der Waals surface area contributed by atoms with Crippen LogP contribution in [-0.4, -0.2) is 27.9 Å². The monoisotopic (exact) mass is 337 g/mol. The molecule has 0 fully saturated rings. The molecule has 1 aromatic carbocycles. The van der Waals surface area contributed by atoms with Crippen LogP contribution in [0.2, 0.25) is 0 Å². The lowest BCUT2D eigenvalue weighted by Gasteiger charge is -2.36. The summed E-state index contributed by atoms with van der Waals surface area (Å²) < 4.78 is 15.3. The van der Waals surface area contributed by atoms with Gasteiger partial charge in [0.25, 0.3) is 0 Å². The first kappa shape index (κ1) is 15.8. The zero-order chi connectivity index (χ0) is 17.2. The lowest BCUT2D eigenvalue weighted by atomic mass is 9.92. The quantitative estimate of drug-likeness (QED) is 0.795. The molecule has 0 amide bonds. The molecule has 0 saturated carbocycles. The summed E-state index contributed by atoms with van der Waals surface area (Å²) in [6, 6.07) is 10.9. The van der Waals surface area contributed by atoms with Gasteiger partial charge in [0.1, 0.15) is 5.82 Å². The molecule has 2 N–H and O–H groups in total. The Labute approximate surface area is 145 Å². The fourth-order valence-corrected chi connectivity index (χ4v) is 3.39. The summed E-state index contributed by atoms with van der Waals surface area (Å²) >= 11 is 0. The van der Waals surface area contributed by atoms with Crippen LogP contribution in [0.15, 0.2) is 55.0 Å². The van der Waals surface area contributed by atoms with E-state index < -0.39 is 0 Å². The molecular formula is C19H20FN5. The number of fused-ring (bicyclic) bond motifs is 1. The fraction of sp³-hybridized carbons (Fsp3) is 0.263. The van der Waals surface area contributed by atoms with Crippen molar-refractivity contribution in [3.8, 4) is 5.82 Å². The van der Waals surface area contributed by atoms with Crippen LogP contribution < -0.4 is 10.6 Å². The summed E-state index contributed by atoms with van der Waals surface area (Å²) in [7, 11) is 0. The van der Waals surface area contributed by atoms with Gasteiger partial charge in [0.05, 0.1) is 0 Å². The van der Waals surface area contributed by atoms with Gasteiger partial charge >= 0.3 is 0 Å². The second-order valence-electron chi connectivity index (χ2n) is 6.43. The van der Waals surface area contributed by atoms with Crippen LogP contribution in [-0.2, 0) is 13.0 Å². The zero-order valence-electron chi connectivity index (χ0n) is 13.8. The molecule has 25 heavy (non-hydrogen) atoms. The summed E-state index contributed by atoms with van der Waals surface area (Å²) in [6.45, 7) is 2.19. The smallest absolute Gasteiger partial charge is 0.153 e. The van der Waals surface area contributed by atoms with Crippen LogP contribution in [0.3, 0.4) is 0 Å². The number of aromatic nitrogens is 3. The SMILES string of the molecule is NCC1Cc2cc(F)ccc2N(Cc2ccc(-n3cccn3)nc2)C1. The van der Waals surface area contributed by atoms with Crippen molar-refractivity contribution >= 4 is 5.69 Å². The molecule has 6 heteroatoms. The number of rotatable bonds is 4. The minimum Gasteiger partial charge on any atom is -0.367 e. The Morgan fingerprint density at radius 1 is 1.24 bits per heavy atom. The van der Waals surface area contributed by atoms with Crippen molar-refractivity contribution in [1.29, 1.82) is 0 Å². The normalized spacial score (nSPS) is 16.7. The Morgan fingerprint density at radius 3 is 2.88 bits per heavy atom. The predicted octanol–water partition coefficient (Wildman–Crippen LogP) is 2.54. The zero-order valence-corrected chi connectivity index (χ0v) is 13.8. The van der Waals surface area contributed by atoms with E-state index in [4.69, 9.17) is 5.73 Å². The number of benzene rings is 1. The summed E-state index contributed by atoms with van der Waals surface area (Å²) in [6.07, 6.45) is 6.29. The Kier molecular flexibility index (Phi) is 4.19. The maximum Gasteiger partial charge on any atom is 0.153 e. The molecule has 0 saturated heterocycles. The Hall–Kier alpha value is -2.73. The summed E-state index contributed by atoms with van der Waals surface area (Å²) in [5.74, 6) is 0.932. The fourth-order valence-electron chi connectivity index (χ4n) is 3.39. The van der Waals surface area contributed by atoms with Crippen LogP contribution in [0.5, 0.6) is 0 Å². The Balaban J connectivity index is 1.57. The third kappa shape index (κ3) is 3.25. The van der Waals surface area contributed by atoms with Crippen LogP contribution in [0, 0.1) is 11.7 Å². The van der Waals surface area contributed by atoms with Crippen molar-refractivity contribution in [3.05, 3.63) is 71.9 Å². The van der Waals surface area contributed by atoms with Gasteiger partial charge < -0.3 is 10.6 Å². The molecule has 0 bridgehead atoms. The second-order valence-corrected chi connectivity index (χ2v) is 6.43. The molecule has 5 nitrogen and oxygen atoms in total. The van der Waals surface area contributed by atoms with E-state index >= 15 is 0 Å². The van der Waals surface area contributed by atoms with Gasteiger partial charge in [0, 0.05) is 37.4 Å². The predicted molar refractivity (Wildman–Crippen MR) is 95.1 cm³/mol. The first-order valence-electron chi connectivity index (χ1n) is 8.41. The van der Waals surface area contributed by atoms with E-state index in [1.165, 1.54) is 6.07 Å². The van der Waals surface area contributed by atoms with Gasteiger partial charge in [-0.05, 0) is 60.3 Å². The molecule has 3 heterocycles. The van der Waals surface area contributed by atoms with E-state index in [9.17, 15) is 4.39 Å². The lowest BCUT2D eigenvalue weighted by Crippen LogP contribution is -2.38. The average Bonchev–Trinajstić information content (AvgIpc) is 3.16. The molecule has 4 rings (SSSR count). The van der Waals surface area contributed by atoms with Crippen molar-refractivity contribution < 1.29 is 4.39 Å². The van der Waals surface area contributed by atoms with E-state index in [0.29, 0.717) is 12.5 Å². The van der Waals surface area contributed by atoms with Crippen molar-refractivity contribution in [2.75, 3.05) is 18.0 Å². The van der Waals surface area contributed by atoms with Crippen LogP contribution in [0.1, 0.15) is 11.1 Å². The number of hydrogen-bond acceptors (Lipinski definition) is 4. The van der Waals surface area contributed by atoms with E-state index in [0.717, 1.165) is 42.1 Å². The molecule has 0 spiro atoms. The average molecular weight is 337 g/mol. The number of hydrogen-bond donors (Lipinski definition) is 1. The third-order valence-electron chi connectivity index (χ3n) is 4.62. The van der Waals surface area contributed by atoms with Crippen LogP contribution in [0.25, 0.3) is 5.82 Å². The molecule has 1 aliphatic rings. The second kappa shape index (κ2) is 6.64. The largest absolute Gasteiger partial charge is 0.367 e. The standard InChI is InChI=1S/C19H20FN5/c20-17-3-4-18-16(9-17)8-15(10-21)13-24(18)12-14-2-5-19(22-11-14)25-7-1-6-23-25/h1-7,9,11,15H,8,10,12-13,21H2. The number of nitrogens with two attached hydrogens (primary N) is 1. The van der Waals surface area contributed by atoms with Crippen LogP contribution >= 0.6 is 0 Å². The van der Waals surface area contributed by atoms with E-state index in [1.807, 2.05) is 30.6 Å². The lowest BCUT2D eigenvalue weighted by molar-refractivity contribution is 0.494. The van der Waals surface area contributed by atoms with E-state index in [1.54, 1.807) is 16.9 Å². The minimum atomic E-state index is -0.193. The highest BCUT2D eigenvalue weighted by molar-refractivity contribution is 5.56. The summed E-state index contributed by atoms with van der Waals surface area (Å²) in [5.41, 5.74) is 9.10.